The van der Waals surface area contributed by atoms with Crippen LogP contribution in [0.1, 0.15) is 47.1 Å². The molecule has 1 rings (SSSR count). The SMILES string of the molecule is CC(C)(C)OC(=O)NCC(N)Cc1cnn(C(C)(C)C)c1. The van der Waals surface area contributed by atoms with Gasteiger partial charge in [-0.2, -0.15) is 5.10 Å². The van der Waals surface area contributed by atoms with Crippen LogP contribution in [0.3, 0.4) is 0 Å². The summed E-state index contributed by atoms with van der Waals surface area (Å²) in [6.07, 6.45) is 4.03. The van der Waals surface area contributed by atoms with Gasteiger partial charge in [0.15, 0.2) is 0 Å². The zero-order valence-corrected chi connectivity index (χ0v) is 13.9. The Kier molecular flexibility index (Phi) is 5.39. The van der Waals surface area contributed by atoms with Crippen LogP contribution in [0, 0.1) is 0 Å². The minimum Gasteiger partial charge on any atom is -0.444 e. The molecular formula is C15H28N4O2. The van der Waals surface area contributed by atoms with Gasteiger partial charge in [0.05, 0.1) is 11.7 Å². The van der Waals surface area contributed by atoms with Crippen LogP contribution in [0.2, 0.25) is 0 Å². The lowest BCUT2D eigenvalue weighted by atomic mass is 10.1. The van der Waals surface area contributed by atoms with Crippen molar-refractivity contribution in [1.82, 2.24) is 15.1 Å². The first-order valence-electron chi connectivity index (χ1n) is 7.24. The van der Waals surface area contributed by atoms with E-state index in [2.05, 4.69) is 31.2 Å². The van der Waals surface area contributed by atoms with E-state index >= 15 is 0 Å². The first-order chi connectivity index (χ1) is 9.47. The first kappa shape index (κ1) is 17.5. The smallest absolute Gasteiger partial charge is 0.407 e. The molecule has 120 valence electrons. The van der Waals surface area contributed by atoms with Crippen molar-refractivity contribution in [3.05, 3.63) is 18.0 Å². The number of hydrogen-bond acceptors (Lipinski definition) is 4. The van der Waals surface area contributed by atoms with Crippen LogP contribution < -0.4 is 11.1 Å². The van der Waals surface area contributed by atoms with Crippen molar-refractivity contribution in [2.45, 2.75) is 65.1 Å². The molecule has 1 atom stereocenters. The third kappa shape index (κ3) is 6.62. The molecule has 0 aliphatic carbocycles. The number of nitrogens with two attached hydrogens (primary N) is 1. The Morgan fingerprint density at radius 3 is 2.48 bits per heavy atom. The highest BCUT2D eigenvalue weighted by molar-refractivity contribution is 5.67. The van der Waals surface area contributed by atoms with Gasteiger partial charge in [-0.1, -0.05) is 0 Å². The van der Waals surface area contributed by atoms with Gasteiger partial charge in [-0.15, -0.1) is 0 Å². The van der Waals surface area contributed by atoms with Gasteiger partial charge < -0.3 is 15.8 Å². The molecule has 0 fully saturated rings. The molecule has 1 aromatic rings. The molecule has 0 bridgehead atoms. The topological polar surface area (TPSA) is 82.2 Å². The summed E-state index contributed by atoms with van der Waals surface area (Å²) in [6, 6.07) is -0.171. The van der Waals surface area contributed by atoms with E-state index in [0.717, 1.165) is 5.56 Å². The summed E-state index contributed by atoms with van der Waals surface area (Å²) in [5.74, 6) is 0. The third-order valence-electron chi connectivity index (χ3n) is 2.73. The number of amides is 1. The summed E-state index contributed by atoms with van der Waals surface area (Å²) >= 11 is 0. The summed E-state index contributed by atoms with van der Waals surface area (Å²) in [7, 11) is 0. The van der Waals surface area contributed by atoms with Crippen molar-refractivity contribution in [3.8, 4) is 0 Å². The van der Waals surface area contributed by atoms with Crippen LogP contribution in [-0.4, -0.2) is 34.1 Å². The highest BCUT2D eigenvalue weighted by Crippen LogP contribution is 2.13. The van der Waals surface area contributed by atoms with Crippen LogP contribution in [0.5, 0.6) is 0 Å². The van der Waals surface area contributed by atoms with Gasteiger partial charge in [-0.3, -0.25) is 4.68 Å². The monoisotopic (exact) mass is 296 g/mol. The normalized spacial score (nSPS) is 13.9. The molecule has 1 amide bonds. The van der Waals surface area contributed by atoms with E-state index in [9.17, 15) is 4.79 Å². The maximum absolute atomic E-state index is 11.5. The van der Waals surface area contributed by atoms with Gasteiger partial charge in [0, 0.05) is 18.8 Å². The van der Waals surface area contributed by atoms with Crippen LogP contribution in [0.4, 0.5) is 4.79 Å². The lowest BCUT2D eigenvalue weighted by molar-refractivity contribution is 0.0524. The fraction of sp³-hybridized carbons (Fsp3) is 0.733. The Balaban J connectivity index is 2.42. The summed E-state index contributed by atoms with van der Waals surface area (Å²) in [4.78, 5) is 11.5. The van der Waals surface area contributed by atoms with Crippen LogP contribution in [-0.2, 0) is 16.7 Å². The van der Waals surface area contributed by atoms with E-state index < -0.39 is 11.7 Å². The van der Waals surface area contributed by atoms with E-state index in [1.807, 2.05) is 37.8 Å². The molecule has 6 heteroatoms. The van der Waals surface area contributed by atoms with Gasteiger partial charge in [-0.25, -0.2) is 4.79 Å². The Morgan fingerprint density at radius 2 is 2.00 bits per heavy atom. The van der Waals surface area contributed by atoms with E-state index in [0.29, 0.717) is 13.0 Å². The lowest BCUT2D eigenvalue weighted by Crippen LogP contribution is -2.41. The number of carbonyl (C=O) groups excluding carboxylic acids is 1. The van der Waals surface area contributed by atoms with Gasteiger partial charge in [0.1, 0.15) is 5.60 Å². The Bertz CT molecular complexity index is 469. The fourth-order valence-electron chi connectivity index (χ4n) is 1.74. The Labute approximate surface area is 127 Å². The van der Waals surface area contributed by atoms with Crippen LogP contribution >= 0.6 is 0 Å². The van der Waals surface area contributed by atoms with Gasteiger partial charge in [0.25, 0.3) is 0 Å². The molecule has 0 saturated heterocycles. The molecule has 0 spiro atoms. The maximum atomic E-state index is 11.5. The number of carbonyl (C=O) groups is 1. The van der Waals surface area contributed by atoms with Crippen molar-refractivity contribution in [1.29, 1.82) is 0 Å². The molecule has 0 radical (unpaired) electrons. The summed E-state index contributed by atoms with van der Waals surface area (Å²) in [6.45, 7) is 12.1. The Hall–Kier alpha value is -1.56. The van der Waals surface area contributed by atoms with Crippen molar-refractivity contribution >= 4 is 6.09 Å². The third-order valence-corrected chi connectivity index (χ3v) is 2.73. The molecule has 1 aromatic heterocycles. The molecular weight excluding hydrogens is 268 g/mol. The Morgan fingerprint density at radius 1 is 1.38 bits per heavy atom. The second-order valence-corrected chi connectivity index (χ2v) is 7.31. The molecule has 0 aliphatic rings. The molecule has 3 N–H and O–H groups in total. The maximum Gasteiger partial charge on any atom is 0.407 e. The molecule has 0 aliphatic heterocycles. The molecule has 0 saturated carbocycles. The average molecular weight is 296 g/mol. The summed E-state index contributed by atoms with van der Waals surface area (Å²) in [5.41, 5.74) is 6.54. The second-order valence-electron chi connectivity index (χ2n) is 7.31. The molecule has 0 aromatic carbocycles. The summed E-state index contributed by atoms with van der Waals surface area (Å²) in [5, 5.41) is 7.02. The van der Waals surface area contributed by atoms with Crippen LogP contribution in [0.15, 0.2) is 12.4 Å². The predicted molar refractivity (Wildman–Crippen MR) is 83.1 cm³/mol. The van der Waals surface area contributed by atoms with E-state index in [4.69, 9.17) is 10.5 Å². The quantitative estimate of drug-likeness (QED) is 0.890. The van der Waals surface area contributed by atoms with E-state index in [-0.39, 0.29) is 11.6 Å². The lowest BCUT2D eigenvalue weighted by Gasteiger charge is -2.20. The summed E-state index contributed by atoms with van der Waals surface area (Å²) < 4.78 is 7.08. The number of nitrogens with zero attached hydrogens (tertiary/aromatic N) is 2. The molecule has 1 unspecified atom stereocenters. The average Bonchev–Trinajstić information content (AvgIpc) is 2.72. The predicted octanol–water partition coefficient (Wildman–Crippen LogP) is 2.03. The van der Waals surface area contributed by atoms with Gasteiger partial charge >= 0.3 is 6.09 Å². The highest BCUT2D eigenvalue weighted by Gasteiger charge is 2.18. The minimum absolute atomic E-state index is 0.0445. The highest BCUT2D eigenvalue weighted by atomic mass is 16.6. The zero-order valence-electron chi connectivity index (χ0n) is 13.9. The van der Waals surface area contributed by atoms with Crippen molar-refractivity contribution in [2.75, 3.05) is 6.54 Å². The second kappa shape index (κ2) is 6.47. The molecule has 21 heavy (non-hydrogen) atoms. The molecule has 6 nitrogen and oxygen atoms in total. The van der Waals surface area contributed by atoms with Crippen molar-refractivity contribution in [3.63, 3.8) is 0 Å². The van der Waals surface area contributed by atoms with Gasteiger partial charge in [0.2, 0.25) is 0 Å². The number of nitrogens with one attached hydrogen (secondary N) is 1. The minimum atomic E-state index is -0.498. The largest absolute Gasteiger partial charge is 0.444 e. The number of rotatable bonds is 4. The number of alkyl carbamates (subject to hydrolysis) is 1. The number of aromatic nitrogens is 2. The standard InChI is InChI=1S/C15H28N4O2/c1-14(2,3)19-10-11(8-18-19)7-12(16)9-17-13(20)21-15(4,5)6/h8,10,12H,7,9,16H2,1-6H3,(H,17,20). The first-order valence-corrected chi connectivity index (χ1v) is 7.24. The van der Waals surface area contributed by atoms with Crippen LogP contribution in [0.25, 0.3) is 0 Å². The number of ether oxygens (including phenoxy) is 1. The van der Waals surface area contributed by atoms with E-state index in [1.54, 1.807) is 0 Å². The van der Waals surface area contributed by atoms with Gasteiger partial charge in [-0.05, 0) is 53.5 Å². The van der Waals surface area contributed by atoms with Crippen molar-refractivity contribution in [2.24, 2.45) is 5.73 Å². The zero-order chi connectivity index (χ0) is 16.3. The number of hydrogen-bond donors (Lipinski definition) is 2. The van der Waals surface area contributed by atoms with E-state index in [1.165, 1.54) is 0 Å². The molecule has 1 heterocycles. The fourth-order valence-corrected chi connectivity index (χ4v) is 1.74. The van der Waals surface area contributed by atoms with Crippen molar-refractivity contribution < 1.29 is 9.53 Å².